The normalized spacial score (nSPS) is 24.0. The highest BCUT2D eigenvalue weighted by Crippen LogP contribution is 2.35. The molecule has 0 unspecified atom stereocenters. The highest BCUT2D eigenvalue weighted by Gasteiger charge is 2.20. The third-order valence-electron chi connectivity index (χ3n) is 3.79. The van der Waals surface area contributed by atoms with Crippen LogP contribution < -0.4 is 5.32 Å². The van der Waals surface area contributed by atoms with Crippen LogP contribution in [0.2, 0.25) is 15.1 Å². The standard InChI is InChI=1S/C14H18Cl3N/c1-2-9-3-5-10(6-4-9)18-14-8-12(16)11(15)7-13(14)17/h7-10,18H,2-6H2,1H3. The average molecular weight is 307 g/mol. The van der Waals surface area contributed by atoms with E-state index in [4.69, 9.17) is 34.8 Å². The summed E-state index contributed by atoms with van der Waals surface area (Å²) in [5, 5.41) is 5.18. The van der Waals surface area contributed by atoms with Gasteiger partial charge in [0.25, 0.3) is 0 Å². The third-order valence-corrected chi connectivity index (χ3v) is 4.83. The van der Waals surface area contributed by atoms with Gasteiger partial charge in [0, 0.05) is 6.04 Å². The lowest BCUT2D eigenvalue weighted by molar-refractivity contribution is 0.330. The highest BCUT2D eigenvalue weighted by atomic mass is 35.5. The predicted molar refractivity (Wildman–Crippen MR) is 81.1 cm³/mol. The van der Waals surface area contributed by atoms with Crippen LogP contribution in [0.1, 0.15) is 39.0 Å². The second-order valence-corrected chi connectivity index (χ2v) is 6.24. The molecule has 0 saturated heterocycles. The van der Waals surface area contributed by atoms with Crippen LogP contribution in [0, 0.1) is 5.92 Å². The van der Waals surface area contributed by atoms with Crippen molar-refractivity contribution in [3.05, 3.63) is 27.2 Å². The fourth-order valence-electron chi connectivity index (χ4n) is 2.57. The van der Waals surface area contributed by atoms with Crippen molar-refractivity contribution in [2.24, 2.45) is 5.92 Å². The Labute approximate surface area is 124 Å². The molecule has 18 heavy (non-hydrogen) atoms. The summed E-state index contributed by atoms with van der Waals surface area (Å²) in [6.07, 6.45) is 6.30. The predicted octanol–water partition coefficient (Wildman–Crippen LogP) is 6.03. The van der Waals surface area contributed by atoms with Crippen LogP contribution in [0.25, 0.3) is 0 Å². The molecule has 1 fully saturated rings. The van der Waals surface area contributed by atoms with Gasteiger partial charge in [0.1, 0.15) is 0 Å². The zero-order chi connectivity index (χ0) is 13.1. The molecule has 0 aromatic heterocycles. The SMILES string of the molecule is CCC1CCC(Nc2cc(Cl)c(Cl)cc2Cl)CC1. The first-order valence-corrected chi connectivity index (χ1v) is 7.64. The average Bonchev–Trinajstić information content (AvgIpc) is 2.37. The molecule has 4 heteroatoms. The maximum absolute atomic E-state index is 6.17. The van der Waals surface area contributed by atoms with Gasteiger partial charge in [-0.3, -0.25) is 0 Å². The number of nitrogens with one attached hydrogen (secondary N) is 1. The van der Waals surface area contributed by atoms with Gasteiger partial charge in [0.2, 0.25) is 0 Å². The summed E-state index contributed by atoms with van der Waals surface area (Å²) < 4.78 is 0. The van der Waals surface area contributed by atoms with Crippen molar-refractivity contribution in [3.63, 3.8) is 0 Å². The van der Waals surface area contributed by atoms with E-state index in [0.717, 1.165) is 11.6 Å². The number of hydrogen-bond acceptors (Lipinski definition) is 1. The first-order chi connectivity index (χ1) is 8.60. The number of rotatable bonds is 3. The molecule has 0 bridgehead atoms. The Morgan fingerprint density at radius 2 is 1.61 bits per heavy atom. The zero-order valence-corrected chi connectivity index (χ0v) is 12.7. The Bertz CT molecular complexity index is 412. The maximum Gasteiger partial charge on any atom is 0.0653 e. The third kappa shape index (κ3) is 3.46. The second-order valence-electron chi connectivity index (χ2n) is 5.02. The number of hydrogen-bond donors (Lipinski definition) is 1. The minimum Gasteiger partial charge on any atom is -0.381 e. The minimum absolute atomic E-state index is 0.502. The van der Waals surface area contributed by atoms with Crippen molar-refractivity contribution < 1.29 is 0 Å². The van der Waals surface area contributed by atoms with Gasteiger partial charge in [0.15, 0.2) is 0 Å². The molecule has 1 aromatic rings. The second kappa shape index (κ2) is 6.36. The van der Waals surface area contributed by atoms with Crippen molar-refractivity contribution >= 4 is 40.5 Å². The Morgan fingerprint density at radius 3 is 2.22 bits per heavy atom. The molecule has 1 saturated carbocycles. The largest absolute Gasteiger partial charge is 0.381 e. The van der Waals surface area contributed by atoms with Gasteiger partial charge in [0.05, 0.1) is 20.8 Å². The molecule has 0 aliphatic heterocycles. The topological polar surface area (TPSA) is 12.0 Å². The summed E-state index contributed by atoms with van der Waals surface area (Å²) in [4.78, 5) is 0. The van der Waals surface area contributed by atoms with Crippen LogP contribution in [0.4, 0.5) is 5.69 Å². The summed E-state index contributed by atoms with van der Waals surface area (Å²) >= 11 is 18.1. The van der Waals surface area contributed by atoms with Crippen molar-refractivity contribution in [2.75, 3.05) is 5.32 Å². The summed E-state index contributed by atoms with van der Waals surface area (Å²) in [5.41, 5.74) is 0.894. The van der Waals surface area contributed by atoms with Crippen LogP contribution in [-0.2, 0) is 0 Å². The molecule has 0 amide bonds. The summed E-state index contributed by atoms with van der Waals surface area (Å²) in [5.74, 6) is 0.896. The van der Waals surface area contributed by atoms with E-state index in [9.17, 15) is 0 Å². The molecule has 0 radical (unpaired) electrons. The first-order valence-electron chi connectivity index (χ1n) is 6.51. The molecular weight excluding hydrogens is 289 g/mol. The monoisotopic (exact) mass is 305 g/mol. The quantitative estimate of drug-likeness (QED) is 0.672. The number of benzene rings is 1. The van der Waals surface area contributed by atoms with Crippen LogP contribution in [0.3, 0.4) is 0 Å². The lowest BCUT2D eigenvalue weighted by Gasteiger charge is -2.29. The van der Waals surface area contributed by atoms with Gasteiger partial charge in [-0.2, -0.15) is 0 Å². The van der Waals surface area contributed by atoms with E-state index >= 15 is 0 Å². The molecule has 0 spiro atoms. The fourth-order valence-corrected chi connectivity index (χ4v) is 3.17. The summed E-state index contributed by atoms with van der Waals surface area (Å²) in [6.45, 7) is 2.27. The van der Waals surface area contributed by atoms with Crippen molar-refractivity contribution in [2.45, 2.75) is 45.1 Å². The maximum atomic E-state index is 6.17. The van der Waals surface area contributed by atoms with Crippen molar-refractivity contribution in [1.82, 2.24) is 0 Å². The minimum atomic E-state index is 0.502. The van der Waals surface area contributed by atoms with Crippen LogP contribution in [0.5, 0.6) is 0 Å². The summed E-state index contributed by atoms with van der Waals surface area (Å²) in [7, 11) is 0. The van der Waals surface area contributed by atoms with Gasteiger partial charge < -0.3 is 5.32 Å². The first kappa shape index (κ1) is 14.3. The molecule has 2 rings (SSSR count). The van der Waals surface area contributed by atoms with Crippen LogP contribution in [0.15, 0.2) is 12.1 Å². The summed E-state index contributed by atoms with van der Waals surface area (Å²) in [6, 6.07) is 4.02. The Balaban J connectivity index is 2.00. The van der Waals surface area contributed by atoms with Crippen LogP contribution >= 0.6 is 34.8 Å². The molecule has 0 heterocycles. The van der Waals surface area contributed by atoms with E-state index in [1.807, 2.05) is 6.07 Å². The van der Waals surface area contributed by atoms with Crippen molar-refractivity contribution in [3.8, 4) is 0 Å². The fraction of sp³-hybridized carbons (Fsp3) is 0.571. The van der Waals surface area contributed by atoms with Gasteiger partial charge in [-0.1, -0.05) is 48.1 Å². The zero-order valence-electron chi connectivity index (χ0n) is 10.5. The molecule has 1 aliphatic rings. The van der Waals surface area contributed by atoms with E-state index in [-0.39, 0.29) is 0 Å². The number of anilines is 1. The Morgan fingerprint density at radius 1 is 1.00 bits per heavy atom. The van der Waals surface area contributed by atoms with Crippen molar-refractivity contribution in [1.29, 1.82) is 0 Å². The van der Waals surface area contributed by atoms with Gasteiger partial charge in [-0.05, 0) is 43.7 Å². The molecule has 1 nitrogen and oxygen atoms in total. The molecule has 1 aliphatic carbocycles. The van der Waals surface area contributed by atoms with Crippen LogP contribution in [-0.4, -0.2) is 6.04 Å². The Hall–Kier alpha value is -0.110. The Kier molecular flexibility index (Phi) is 5.06. The molecule has 100 valence electrons. The van der Waals surface area contributed by atoms with Gasteiger partial charge >= 0.3 is 0 Å². The molecule has 1 N–H and O–H groups in total. The van der Waals surface area contributed by atoms with Gasteiger partial charge in [-0.15, -0.1) is 0 Å². The highest BCUT2D eigenvalue weighted by molar-refractivity contribution is 6.44. The van der Waals surface area contributed by atoms with E-state index in [1.54, 1.807) is 6.07 Å². The lowest BCUT2D eigenvalue weighted by Crippen LogP contribution is -2.26. The smallest absolute Gasteiger partial charge is 0.0653 e. The molecule has 0 atom stereocenters. The van der Waals surface area contributed by atoms with E-state index in [1.165, 1.54) is 32.1 Å². The molecule has 1 aromatic carbocycles. The van der Waals surface area contributed by atoms with E-state index in [2.05, 4.69) is 12.2 Å². The molecular formula is C14H18Cl3N. The number of halogens is 3. The van der Waals surface area contributed by atoms with Gasteiger partial charge in [-0.25, -0.2) is 0 Å². The van der Waals surface area contributed by atoms with E-state index < -0.39 is 0 Å². The lowest BCUT2D eigenvalue weighted by atomic mass is 9.84. The van der Waals surface area contributed by atoms with E-state index in [0.29, 0.717) is 21.1 Å².